The van der Waals surface area contributed by atoms with Gasteiger partial charge >= 0.3 is 0 Å². The predicted molar refractivity (Wildman–Crippen MR) is 96.7 cm³/mol. The van der Waals surface area contributed by atoms with Crippen molar-refractivity contribution in [3.8, 4) is 0 Å². The molecular formula is C17H20N4O2S. The molecule has 3 N–H and O–H groups in total. The third-order valence-corrected chi connectivity index (χ3v) is 5.02. The number of aryl methyl sites for hydroxylation is 3. The van der Waals surface area contributed by atoms with Crippen molar-refractivity contribution in [1.29, 1.82) is 0 Å². The summed E-state index contributed by atoms with van der Waals surface area (Å²) in [7, 11) is 0. The van der Waals surface area contributed by atoms with Gasteiger partial charge in [-0.3, -0.25) is 9.59 Å². The highest BCUT2D eigenvalue weighted by Crippen LogP contribution is 2.26. The van der Waals surface area contributed by atoms with Crippen LogP contribution in [0, 0.1) is 13.8 Å². The Bertz CT molecular complexity index is 780. The maximum atomic E-state index is 12.3. The summed E-state index contributed by atoms with van der Waals surface area (Å²) in [5, 5.41) is 9.51. The molecule has 1 aromatic heterocycles. The summed E-state index contributed by atoms with van der Waals surface area (Å²) < 4.78 is 0. The summed E-state index contributed by atoms with van der Waals surface area (Å²) in [6.07, 6.45) is 1.21. The molecule has 0 spiro atoms. The number of hydrogen-bond acceptors (Lipinski definition) is 5. The lowest BCUT2D eigenvalue weighted by molar-refractivity contribution is -0.117. The number of amides is 2. The summed E-state index contributed by atoms with van der Waals surface area (Å²) in [5.41, 5.74) is 3.73. The van der Waals surface area contributed by atoms with Crippen molar-refractivity contribution in [1.82, 2.24) is 4.98 Å². The average Bonchev–Trinajstić information content (AvgIpc) is 2.85. The van der Waals surface area contributed by atoms with Gasteiger partial charge in [0.15, 0.2) is 5.13 Å². The lowest BCUT2D eigenvalue weighted by Crippen LogP contribution is -2.32. The second-order valence-corrected chi connectivity index (χ2v) is 7.14. The van der Waals surface area contributed by atoms with Crippen molar-refractivity contribution in [2.45, 2.75) is 39.7 Å². The standard InChI is InChI=1S/C17H20N4O2S/c1-9-11(3)24-17(19-9)21-16(23)10(2)18-13-5-6-14-12(8-13)4-7-15(22)20-14/h5-6,8,10,18H,4,7H2,1-3H3,(H,20,22)(H,19,21,23). The number of aromatic nitrogens is 1. The third-order valence-electron chi connectivity index (χ3n) is 4.04. The summed E-state index contributed by atoms with van der Waals surface area (Å²) in [4.78, 5) is 29.1. The topological polar surface area (TPSA) is 83.1 Å². The maximum Gasteiger partial charge on any atom is 0.248 e. The van der Waals surface area contributed by atoms with Crippen molar-refractivity contribution in [2.24, 2.45) is 0 Å². The Labute approximate surface area is 144 Å². The first kappa shape index (κ1) is 16.4. The maximum absolute atomic E-state index is 12.3. The molecule has 0 saturated heterocycles. The van der Waals surface area contributed by atoms with Crippen molar-refractivity contribution >= 4 is 39.7 Å². The van der Waals surface area contributed by atoms with Gasteiger partial charge in [-0.25, -0.2) is 4.98 Å². The smallest absolute Gasteiger partial charge is 0.248 e. The highest BCUT2D eigenvalue weighted by molar-refractivity contribution is 7.15. The first-order valence-electron chi connectivity index (χ1n) is 7.86. The fourth-order valence-electron chi connectivity index (χ4n) is 2.53. The van der Waals surface area contributed by atoms with Crippen LogP contribution in [0.5, 0.6) is 0 Å². The lowest BCUT2D eigenvalue weighted by atomic mass is 10.0. The molecule has 2 aromatic rings. The summed E-state index contributed by atoms with van der Waals surface area (Å²) in [6.45, 7) is 5.72. The molecule has 2 heterocycles. The van der Waals surface area contributed by atoms with Crippen LogP contribution >= 0.6 is 11.3 Å². The molecule has 3 rings (SSSR count). The number of hydrogen-bond donors (Lipinski definition) is 3. The summed E-state index contributed by atoms with van der Waals surface area (Å²) in [6, 6.07) is 5.32. The second-order valence-electron chi connectivity index (χ2n) is 5.94. The van der Waals surface area contributed by atoms with Gasteiger partial charge in [-0.15, -0.1) is 11.3 Å². The Hall–Kier alpha value is -2.41. The summed E-state index contributed by atoms with van der Waals surface area (Å²) in [5.74, 6) is -0.0836. The van der Waals surface area contributed by atoms with E-state index >= 15 is 0 Å². The number of thiazole rings is 1. The number of carbonyl (C=O) groups is 2. The van der Waals surface area contributed by atoms with E-state index in [4.69, 9.17) is 0 Å². The molecule has 0 saturated carbocycles. The van der Waals surface area contributed by atoms with E-state index in [1.807, 2.05) is 39.0 Å². The molecule has 0 aliphatic carbocycles. The van der Waals surface area contributed by atoms with Gasteiger partial charge in [0.2, 0.25) is 11.8 Å². The van der Waals surface area contributed by atoms with E-state index in [1.54, 1.807) is 0 Å². The van der Waals surface area contributed by atoms with Crippen LogP contribution in [0.4, 0.5) is 16.5 Å². The average molecular weight is 344 g/mol. The Morgan fingerprint density at radius 3 is 2.83 bits per heavy atom. The lowest BCUT2D eigenvalue weighted by Gasteiger charge is -2.19. The van der Waals surface area contributed by atoms with E-state index in [0.29, 0.717) is 11.6 Å². The number of carbonyl (C=O) groups excluding carboxylic acids is 2. The molecule has 0 radical (unpaired) electrons. The van der Waals surface area contributed by atoms with E-state index in [1.165, 1.54) is 11.3 Å². The fourth-order valence-corrected chi connectivity index (χ4v) is 3.35. The Morgan fingerprint density at radius 1 is 1.33 bits per heavy atom. The molecular weight excluding hydrogens is 324 g/mol. The van der Waals surface area contributed by atoms with Gasteiger partial charge in [0, 0.05) is 22.7 Å². The molecule has 0 fully saturated rings. The van der Waals surface area contributed by atoms with Gasteiger partial charge in [0.25, 0.3) is 0 Å². The van der Waals surface area contributed by atoms with Crippen LogP contribution in [0.2, 0.25) is 0 Å². The van der Waals surface area contributed by atoms with Crippen molar-refractivity contribution in [2.75, 3.05) is 16.0 Å². The molecule has 24 heavy (non-hydrogen) atoms. The number of nitrogens with zero attached hydrogens (tertiary/aromatic N) is 1. The normalized spacial score (nSPS) is 14.5. The van der Waals surface area contributed by atoms with Crippen LogP contribution in [-0.4, -0.2) is 22.8 Å². The monoisotopic (exact) mass is 344 g/mol. The SMILES string of the molecule is Cc1nc(NC(=O)C(C)Nc2ccc3c(c2)CCC(=O)N3)sc1C. The van der Waals surface area contributed by atoms with E-state index in [-0.39, 0.29) is 11.8 Å². The highest BCUT2D eigenvalue weighted by atomic mass is 32.1. The van der Waals surface area contributed by atoms with Gasteiger partial charge in [0.05, 0.1) is 5.69 Å². The zero-order chi connectivity index (χ0) is 17.3. The number of nitrogens with one attached hydrogen (secondary N) is 3. The van der Waals surface area contributed by atoms with Gasteiger partial charge < -0.3 is 16.0 Å². The number of rotatable bonds is 4. The molecule has 0 bridgehead atoms. The van der Waals surface area contributed by atoms with Crippen LogP contribution in [0.25, 0.3) is 0 Å². The summed E-state index contributed by atoms with van der Waals surface area (Å²) >= 11 is 1.47. The minimum atomic E-state index is -0.397. The Kier molecular flexibility index (Phi) is 4.53. The van der Waals surface area contributed by atoms with E-state index < -0.39 is 6.04 Å². The van der Waals surface area contributed by atoms with Gasteiger partial charge in [-0.1, -0.05) is 0 Å². The molecule has 2 amide bonds. The predicted octanol–water partition coefficient (Wildman–Crippen LogP) is 3.08. The van der Waals surface area contributed by atoms with Gasteiger partial charge in [-0.05, 0) is 51.0 Å². The van der Waals surface area contributed by atoms with E-state index in [9.17, 15) is 9.59 Å². The Balaban J connectivity index is 1.64. The molecule has 1 aliphatic heterocycles. The first-order chi connectivity index (χ1) is 11.4. The molecule has 7 heteroatoms. The molecule has 1 atom stereocenters. The van der Waals surface area contributed by atoms with Crippen LogP contribution in [0.1, 0.15) is 29.5 Å². The Morgan fingerprint density at radius 2 is 2.12 bits per heavy atom. The zero-order valence-electron chi connectivity index (χ0n) is 13.9. The molecule has 6 nitrogen and oxygen atoms in total. The second kappa shape index (κ2) is 6.60. The van der Waals surface area contributed by atoms with E-state index in [0.717, 1.165) is 33.9 Å². The van der Waals surface area contributed by atoms with Gasteiger partial charge in [0.1, 0.15) is 6.04 Å². The third kappa shape index (κ3) is 3.56. The number of fused-ring (bicyclic) bond motifs is 1. The van der Waals surface area contributed by atoms with Crippen LogP contribution in [-0.2, 0) is 16.0 Å². The van der Waals surface area contributed by atoms with E-state index in [2.05, 4.69) is 20.9 Å². The zero-order valence-corrected chi connectivity index (χ0v) is 14.7. The van der Waals surface area contributed by atoms with Crippen LogP contribution in [0.15, 0.2) is 18.2 Å². The van der Waals surface area contributed by atoms with Crippen LogP contribution < -0.4 is 16.0 Å². The highest BCUT2D eigenvalue weighted by Gasteiger charge is 2.18. The number of benzene rings is 1. The number of anilines is 3. The van der Waals surface area contributed by atoms with Gasteiger partial charge in [-0.2, -0.15) is 0 Å². The molecule has 126 valence electrons. The van der Waals surface area contributed by atoms with Crippen molar-refractivity contribution in [3.05, 3.63) is 34.3 Å². The first-order valence-corrected chi connectivity index (χ1v) is 8.68. The molecule has 1 unspecified atom stereocenters. The minimum Gasteiger partial charge on any atom is -0.374 e. The molecule has 1 aromatic carbocycles. The van der Waals surface area contributed by atoms with Crippen LogP contribution in [0.3, 0.4) is 0 Å². The van der Waals surface area contributed by atoms with Crippen molar-refractivity contribution in [3.63, 3.8) is 0 Å². The van der Waals surface area contributed by atoms with Crippen molar-refractivity contribution < 1.29 is 9.59 Å². The molecule has 1 aliphatic rings. The minimum absolute atomic E-state index is 0.0463. The largest absolute Gasteiger partial charge is 0.374 e. The quantitative estimate of drug-likeness (QED) is 0.796. The fraction of sp³-hybridized carbons (Fsp3) is 0.353.